The lowest BCUT2D eigenvalue weighted by Gasteiger charge is -2.12. The molecule has 0 aliphatic heterocycles. The third-order valence-corrected chi connectivity index (χ3v) is 3.78. The Hall–Kier alpha value is -2.70. The van der Waals surface area contributed by atoms with Crippen LogP contribution in [0.4, 0.5) is 5.69 Å². The van der Waals surface area contributed by atoms with Gasteiger partial charge in [0.2, 0.25) is 0 Å². The minimum absolute atomic E-state index is 0.195. The van der Waals surface area contributed by atoms with E-state index in [-0.39, 0.29) is 11.4 Å². The first-order valence-electron chi connectivity index (χ1n) is 7.85. The summed E-state index contributed by atoms with van der Waals surface area (Å²) in [6, 6.07) is 1.89. The van der Waals surface area contributed by atoms with Crippen LogP contribution in [0.1, 0.15) is 36.9 Å². The summed E-state index contributed by atoms with van der Waals surface area (Å²) in [6.07, 6.45) is 5.63. The molecule has 0 radical (unpaired) electrons. The molecule has 0 fully saturated rings. The van der Waals surface area contributed by atoms with Gasteiger partial charge in [0.05, 0.1) is 11.4 Å². The number of allylic oxidation sites excluding steroid dienone is 1. The molecule has 7 heteroatoms. The van der Waals surface area contributed by atoms with Gasteiger partial charge in [-0.05, 0) is 39.5 Å². The second-order valence-corrected chi connectivity index (χ2v) is 5.58. The minimum Gasteiger partial charge on any atom is -0.361 e. The molecule has 2 heterocycles. The summed E-state index contributed by atoms with van der Waals surface area (Å²) < 4.78 is 7.78. The van der Waals surface area contributed by atoms with Gasteiger partial charge in [-0.25, -0.2) is 4.79 Å². The Kier molecular flexibility index (Phi) is 5.68. The largest absolute Gasteiger partial charge is 0.361 e. The lowest BCUT2D eigenvalue weighted by Crippen LogP contribution is -2.40. The lowest BCUT2D eigenvalue weighted by atomic mass is 10.2. The molecule has 7 nitrogen and oxygen atoms in total. The van der Waals surface area contributed by atoms with Gasteiger partial charge in [0.25, 0.3) is 5.56 Å². The predicted molar refractivity (Wildman–Crippen MR) is 94.0 cm³/mol. The van der Waals surface area contributed by atoms with Crippen LogP contribution in [-0.4, -0.2) is 21.0 Å². The van der Waals surface area contributed by atoms with Crippen LogP contribution in [-0.2, 0) is 20.0 Å². The zero-order valence-corrected chi connectivity index (χ0v) is 14.3. The van der Waals surface area contributed by atoms with Crippen molar-refractivity contribution >= 4 is 18.5 Å². The quantitative estimate of drug-likeness (QED) is 0.576. The fraction of sp³-hybridized carbons (Fsp3) is 0.412. The molecule has 128 valence electrons. The van der Waals surface area contributed by atoms with Gasteiger partial charge in [-0.3, -0.25) is 18.9 Å². The maximum Gasteiger partial charge on any atom is 0.331 e. The van der Waals surface area contributed by atoms with Gasteiger partial charge in [0.15, 0.2) is 5.69 Å². The number of aromatic nitrogens is 3. The molecule has 0 aromatic carbocycles. The fourth-order valence-electron chi connectivity index (χ4n) is 2.56. The van der Waals surface area contributed by atoms with Crippen molar-refractivity contribution in [3.8, 4) is 0 Å². The van der Waals surface area contributed by atoms with Crippen molar-refractivity contribution in [2.75, 3.05) is 0 Å². The van der Waals surface area contributed by atoms with Crippen LogP contribution in [0, 0.1) is 6.92 Å². The van der Waals surface area contributed by atoms with Crippen molar-refractivity contribution in [1.82, 2.24) is 14.3 Å². The minimum atomic E-state index is -0.406. The average molecular weight is 330 g/mol. The van der Waals surface area contributed by atoms with E-state index in [1.807, 2.05) is 19.9 Å². The van der Waals surface area contributed by atoms with Crippen LogP contribution in [0.25, 0.3) is 6.08 Å². The normalized spacial score (nSPS) is 11.3. The zero-order valence-electron chi connectivity index (χ0n) is 14.3. The van der Waals surface area contributed by atoms with Gasteiger partial charge in [-0.2, -0.15) is 0 Å². The molecule has 0 spiro atoms. The summed E-state index contributed by atoms with van der Waals surface area (Å²) >= 11 is 0. The van der Waals surface area contributed by atoms with Gasteiger partial charge in [0, 0.05) is 26.1 Å². The van der Waals surface area contributed by atoms with Crippen LogP contribution >= 0.6 is 0 Å². The van der Waals surface area contributed by atoms with E-state index in [0.29, 0.717) is 18.7 Å². The molecule has 0 atom stereocenters. The van der Waals surface area contributed by atoms with Crippen LogP contribution in [0.5, 0.6) is 0 Å². The van der Waals surface area contributed by atoms with Gasteiger partial charge in [0.1, 0.15) is 5.76 Å². The van der Waals surface area contributed by atoms with E-state index in [9.17, 15) is 9.59 Å². The Labute approximate surface area is 139 Å². The van der Waals surface area contributed by atoms with Crippen molar-refractivity contribution in [2.24, 2.45) is 12.0 Å². The van der Waals surface area contributed by atoms with E-state index < -0.39 is 5.56 Å². The number of hydrogen-bond donors (Lipinski definition) is 0. The Morgan fingerprint density at radius 2 is 2.12 bits per heavy atom. The highest BCUT2D eigenvalue weighted by Gasteiger charge is 2.14. The van der Waals surface area contributed by atoms with Crippen LogP contribution in [0.3, 0.4) is 0 Å². The summed E-state index contributed by atoms with van der Waals surface area (Å²) in [5, 5.41) is 3.83. The summed E-state index contributed by atoms with van der Waals surface area (Å²) in [5.41, 5.74) is 0.751. The van der Waals surface area contributed by atoms with E-state index in [1.165, 1.54) is 9.13 Å². The van der Waals surface area contributed by atoms with Crippen molar-refractivity contribution in [3.05, 3.63) is 50.1 Å². The highest BCUT2D eigenvalue weighted by Crippen LogP contribution is 2.13. The highest BCUT2D eigenvalue weighted by atomic mass is 16.5. The monoisotopic (exact) mass is 330 g/mol. The van der Waals surface area contributed by atoms with E-state index in [2.05, 4.69) is 16.9 Å². The first kappa shape index (κ1) is 17.7. The molecule has 0 unspecified atom stereocenters. The summed E-state index contributed by atoms with van der Waals surface area (Å²) in [6.45, 7) is 7.46. The Morgan fingerprint density at radius 3 is 2.71 bits per heavy atom. The van der Waals surface area contributed by atoms with Gasteiger partial charge < -0.3 is 4.52 Å². The molecule has 0 aliphatic rings. The Morgan fingerprint density at radius 1 is 1.38 bits per heavy atom. The second kappa shape index (κ2) is 7.72. The zero-order chi connectivity index (χ0) is 17.7. The van der Waals surface area contributed by atoms with Crippen molar-refractivity contribution in [3.63, 3.8) is 0 Å². The Bertz CT molecular complexity index is 871. The predicted octanol–water partition coefficient (Wildman–Crippen LogP) is 2.23. The SMILES string of the molecule is C=Nc1c(/C=C\C)n(C)c(=O)n(CCCCc2cc(C)no2)c1=O. The number of rotatable bonds is 7. The van der Waals surface area contributed by atoms with Crippen LogP contribution < -0.4 is 11.2 Å². The molecule has 2 aromatic rings. The molecule has 0 saturated carbocycles. The van der Waals surface area contributed by atoms with Crippen molar-refractivity contribution in [1.29, 1.82) is 0 Å². The van der Waals surface area contributed by atoms with Crippen molar-refractivity contribution in [2.45, 2.75) is 39.7 Å². The molecule has 0 aliphatic carbocycles. The number of aryl methyl sites for hydroxylation is 2. The van der Waals surface area contributed by atoms with Gasteiger partial charge in [-0.1, -0.05) is 11.2 Å². The summed E-state index contributed by atoms with van der Waals surface area (Å²) in [7, 11) is 1.62. The molecule has 2 aromatic heterocycles. The van der Waals surface area contributed by atoms with Gasteiger partial charge >= 0.3 is 5.69 Å². The number of aliphatic imine (C=N–C) groups is 1. The molecule has 2 rings (SSSR count). The van der Waals surface area contributed by atoms with Crippen LogP contribution in [0.15, 0.2) is 31.2 Å². The number of nitrogens with zero attached hydrogens (tertiary/aromatic N) is 4. The fourth-order valence-corrected chi connectivity index (χ4v) is 2.56. The molecule has 0 N–H and O–H groups in total. The van der Waals surface area contributed by atoms with Crippen LogP contribution in [0.2, 0.25) is 0 Å². The molecular formula is C17H22N4O3. The van der Waals surface area contributed by atoms with E-state index >= 15 is 0 Å². The average Bonchev–Trinajstić information content (AvgIpc) is 2.97. The molecule has 0 saturated heterocycles. The molecule has 0 amide bonds. The summed E-state index contributed by atoms with van der Waals surface area (Å²) in [4.78, 5) is 28.7. The third kappa shape index (κ3) is 3.61. The molecular weight excluding hydrogens is 308 g/mol. The van der Waals surface area contributed by atoms with Gasteiger partial charge in [-0.15, -0.1) is 0 Å². The standard InChI is InChI=1S/C17H22N4O3/c1-5-8-14-15(18-3)16(22)21(17(23)20(14)4)10-7-6-9-13-11-12(2)19-24-13/h5,8,11H,3,6-7,9-10H2,1-2,4H3/b8-5-. The van der Waals surface area contributed by atoms with Crippen molar-refractivity contribution < 1.29 is 4.52 Å². The second-order valence-electron chi connectivity index (χ2n) is 5.58. The molecule has 0 bridgehead atoms. The van der Waals surface area contributed by atoms with E-state index in [1.54, 1.807) is 19.2 Å². The topological polar surface area (TPSA) is 82.4 Å². The van der Waals surface area contributed by atoms with E-state index in [4.69, 9.17) is 4.52 Å². The number of unbranched alkanes of at least 4 members (excludes halogenated alkanes) is 1. The highest BCUT2D eigenvalue weighted by molar-refractivity contribution is 5.61. The maximum atomic E-state index is 12.5. The molecule has 24 heavy (non-hydrogen) atoms. The first-order chi connectivity index (χ1) is 11.5. The third-order valence-electron chi connectivity index (χ3n) is 3.78. The lowest BCUT2D eigenvalue weighted by molar-refractivity contribution is 0.374. The summed E-state index contributed by atoms with van der Waals surface area (Å²) in [5.74, 6) is 0.810. The first-order valence-corrected chi connectivity index (χ1v) is 7.85. The Balaban J connectivity index is 2.18. The number of hydrogen-bond acceptors (Lipinski definition) is 5. The maximum absolute atomic E-state index is 12.5. The smallest absolute Gasteiger partial charge is 0.331 e. The van der Waals surface area contributed by atoms with E-state index in [0.717, 1.165) is 24.3 Å².